The van der Waals surface area contributed by atoms with Gasteiger partial charge in [0.05, 0.1) is 66.1 Å². The van der Waals surface area contributed by atoms with E-state index in [1.807, 2.05) is 0 Å². The van der Waals surface area contributed by atoms with E-state index in [4.69, 9.17) is 57.2 Å². The van der Waals surface area contributed by atoms with Gasteiger partial charge in [0.1, 0.15) is 6.61 Å². The van der Waals surface area contributed by atoms with E-state index in [0.29, 0.717) is 72.6 Å². The van der Waals surface area contributed by atoms with Crippen molar-refractivity contribution in [2.45, 2.75) is 0 Å². The molecule has 164 valence electrons. The van der Waals surface area contributed by atoms with Crippen molar-refractivity contribution < 1.29 is 28.4 Å². The summed E-state index contributed by atoms with van der Waals surface area (Å²) < 4.78 is 31.8. The summed E-state index contributed by atoms with van der Waals surface area (Å²) in [7, 11) is 0. The van der Waals surface area contributed by atoms with Crippen LogP contribution in [-0.2, 0) is 23.7 Å². The van der Waals surface area contributed by atoms with E-state index in [-0.39, 0.29) is 23.2 Å². The minimum absolute atomic E-state index is 0.0315. The number of halogens is 2. The molecule has 0 N–H and O–H groups in total. The molecule has 0 saturated carbocycles. The van der Waals surface area contributed by atoms with Crippen LogP contribution >= 0.6 is 23.2 Å². The van der Waals surface area contributed by atoms with E-state index < -0.39 is 0 Å². The molecule has 0 spiro atoms. The van der Waals surface area contributed by atoms with Crippen molar-refractivity contribution in [3.63, 3.8) is 0 Å². The number of aromatic nitrogens is 3. The van der Waals surface area contributed by atoms with Gasteiger partial charge in [0.25, 0.3) is 0 Å². The van der Waals surface area contributed by atoms with Crippen molar-refractivity contribution >= 4 is 23.2 Å². The maximum absolute atomic E-state index is 8.08. The molecule has 0 fully saturated rings. The Balaban J connectivity index is 1.76. The van der Waals surface area contributed by atoms with Crippen molar-refractivity contribution in [1.29, 1.82) is 0 Å². The Bertz CT molecular complexity index is 576. The molecular weight excluding hydrogens is 431 g/mol. The predicted octanol–water partition coefficient (Wildman–Crippen LogP) is 1.95. The van der Waals surface area contributed by atoms with Crippen LogP contribution in [0.3, 0.4) is 0 Å². The molecule has 0 saturated heterocycles. The maximum Gasteiger partial charge on any atom is 0.322 e. The van der Waals surface area contributed by atoms with Gasteiger partial charge in [0, 0.05) is 11.5 Å². The predicted molar refractivity (Wildman–Crippen MR) is 103 cm³/mol. The van der Waals surface area contributed by atoms with Gasteiger partial charge in [0.15, 0.2) is 0 Å². The highest BCUT2D eigenvalue weighted by Crippen LogP contribution is 2.10. The lowest BCUT2D eigenvalue weighted by molar-refractivity contribution is -0.0124. The van der Waals surface area contributed by atoms with Crippen LogP contribution in [0.5, 0.6) is 6.01 Å². The van der Waals surface area contributed by atoms with Crippen molar-refractivity contribution in [2.75, 3.05) is 79.2 Å². The summed E-state index contributed by atoms with van der Waals surface area (Å²) in [5, 5.41) is 3.29. The first kappa shape index (κ1) is 25.5. The number of hydrogen-bond donors (Lipinski definition) is 0. The maximum atomic E-state index is 8.08. The van der Waals surface area contributed by atoms with E-state index >= 15 is 0 Å². The largest absolute Gasteiger partial charge is 0.461 e. The van der Waals surface area contributed by atoms with E-state index in [1.165, 1.54) is 0 Å². The average Bonchev–Trinajstić information content (AvgIpc) is 2.69. The standard InChI is InChI=1S/C15H24Cl2N6O6/c16-13-20-14(17)22-15(21-13)29-12-11-28-10-9-27-8-7-26-6-5-25-4-3-24-2-1-19-23-18/h1-12H2. The molecule has 0 radical (unpaired) electrons. The lowest BCUT2D eigenvalue weighted by atomic mass is 10.6. The monoisotopic (exact) mass is 454 g/mol. The summed E-state index contributed by atoms with van der Waals surface area (Å²) in [5.74, 6) is 0. The second-order valence-electron chi connectivity index (χ2n) is 5.02. The fourth-order valence-electron chi connectivity index (χ4n) is 1.70. The van der Waals surface area contributed by atoms with Crippen LogP contribution in [0.2, 0.25) is 10.6 Å². The highest BCUT2D eigenvalue weighted by Gasteiger charge is 2.03. The first-order chi connectivity index (χ1) is 14.2. The summed E-state index contributed by atoms with van der Waals surface area (Å²) in [6, 6.07) is 0.0498. The molecule has 1 aromatic rings. The highest BCUT2D eigenvalue weighted by molar-refractivity contribution is 6.31. The Kier molecular flexibility index (Phi) is 16.3. The molecule has 14 heteroatoms. The summed E-state index contributed by atoms with van der Waals surface area (Å²) in [6.07, 6.45) is 0. The minimum Gasteiger partial charge on any atom is -0.461 e. The Morgan fingerprint density at radius 3 is 1.52 bits per heavy atom. The third-order valence-electron chi connectivity index (χ3n) is 2.91. The number of azide groups is 1. The van der Waals surface area contributed by atoms with Gasteiger partial charge in [-0.15, -0.1) is 0 Å². The van der Waals surface area contributed by atoms with Gasteiger partial charge in [-0.05, 0) is 28.7 Å². The molecule has 0 aliphatic carbocycles. The van der Waals surface area contributed by atoms with Gasteiger partial charge in [-0.1, -0.05) is 5.11 Å². The zero-order valence-electron chi connectivity index (χ0n) is 15.9. The molecule has 0 aliphatic heterocycles. The Morgan fingerprint density at radius 2 is 1.07 bits per heavy atom. The van der Waals surface area contributed by atoms with Gasteiger partial charge in [-0.25, -0.2) is 0 Å². The first-order valence-electron chi connectivity index (χ1n) is 8.82. The highest BCUT2D eigenvalue weighted by atomic mass is 35.5. The van der Waals surface area contributed by atoms with Crippen LogP contribution in [0.15, 0.2) is 5.11 Å². The normalized spacial score (nSPS) is 10.7. The van der Waals surface area contributed by atoms with Gasteiger partial charge in [-0.2, -0.15) is 15.0 Å². The van der Waals surface area contributed by atoms with Crippen molar-refractivity contribution in [3.8, 4) is 6.01 Å². The van der Waals surface area contributed by atoms with Crippen molar-refractivity contribution in [2.24, 2.45) is 5.11 Å². The molecule has 12 nitrogen and oxygen atoms in total. The van der Waals surface area contributed by atoms with Gasteiger partial charge >= 0.3 is 6.01 Å². The molecule has 29 heavy (non-hydrogen) atoms. The third-order valence-corrected chi connectivity index (χ3v) is 3.24. The molecule has 0 aliphatic rings. The van der Waals surface area contributed by atoms with Crippen LogP contribution < -0.4 is 4.74 Å². The van der Waals surface area contributed by atoms with Crippen LogP contribution in [0, 0.1) is 0 Å². The second kappa shape index (κ2) is 18.5. The molecular formula is C15H24Cl2N6O6. The molecule has 0 aromatic carbocycles. The van der Waals surface area contributed by atoms with Crippen molar-refractivity contribution in [3.05, 3.63) is 21.0 Å². The zero-order chi connectivity index (χ0) is 21.0. The van der Waals surface area contributed by atoms with Gasteiger partial charge < -0.3 is 28.4 Å². The van der Waals surface area contributed by atoms with E-state index in [2.05, 4.69) is 25.0 Å². The van der Waals surface area contributed by atoms with Crippen LogP contribution in [0.4, 0.5) is 0 Å². The van der Waals surface area contributed by atoms with Crippen LogP contribution in [0.1, 0.15) is 0 Å². The first-order valence-corrected chi connectivity index (χ1v) is 9.57. The van der Waals surface area contributed by atoms with Crippen molar-refractivity contribution in [1.82, 2.24) is 15.0 Å². The summed E-state index contributed by atoms with van der Waals surface area (Å²) in [5.41, 5.74) is 8.08. The second-order valence-corrected chi connectivity index (χ2v) is 5.70. The minimum atomic E-state index is -0.0315. The molecule has 1 aromatic heterocycles. The molecule has 0 unspecified atom stereocenters. The molecule has 0 bridgehead atoms. The number of rotatable bonds is 19. The Morgan fingerprint density at radius 1 is 0.655 bits per heavy atom. The van der Waals surface area contributed by atoms with Gasteiger partial charge in [-0.3, -0.25) is 0 Å². The van der Waals surface area contributed by atoms with Crippen LogP contribution in [-0.4, -0.2) is 94.2 Å². The zero-order valence-corrected chi connectivity index (χ0v) is 17.4. The fraction of sp³-hybridized carbons (Fsp3) is 0.800. The topological polar surface area (TPSA) is 143 Å². The van der Waals surface area contributed by atoms with E-state index in [0.717, 1.165) is 0 Å². The average molecular weight is 455 g/mol. The van der Waals surface area contributed by atoms with Crippen LogP contribution in [0.25, 0.3) is 10.4 Å². The smallest absolute Gasteiger partial charge is 0.322 e. The Labute approximate surface area is 178 Å². The SMILES string of the molecule is [N-]=[N+]=NCCOCCOCCOCCOCCOCCOc1nc(Cl)nc(Cl)n1. The molecule has 1 rings (SSSR count). The molecule has 0 amide bonds. The Hall–Kier alpha value is -1.50. The number of ether oxygens (including phenoxy) is 6. The summed E-state index contributed by atoms with van der Waals surface area (Å²) >= 11 is 11.3. The van der Waals surface area contributed by atoms with E-state index in [1.54, 1.807) is 0 Å². The van der Waals surface area contributed by atoms with Gasteiger partial charge in [0.2, 0.25) is 10.6 Å². The summed E-state index contributed by atoms with van der Waals surface area (Å²) in [4.78, 5) is 13.8. The number of nitrogens with zero attached hydrogens (tertiary/aromatic N) is 6. The third kappa shape index (κ3) is 16.0. The number of hydrogen-bond acceptors (Lipinski definition) is 10. The van der Waals surface area contributed by atoms with E-state index in [9.17, 15) is 0 Å². The lowest BCUT2D eigenvalue weighted by Gasteiger charge is -2.08. The fourth-order valence-corrected chi connectivity index (χ4v) is 2.05. The lowest BCUT2D eigenvalue weighted by Crippen LogP contribution is -2.15. The molecule has 0 atom stereocenters. The molecule has 1 heterocycles. The summed E-state index contributed by atoms with van der Waals surface area (Å²) in [6.45, 7) is 4.95. The quantitative estimate of drug-likeness (QED) is 0.132.